The van der Waals surface area contributed by atoms with Crippen molar-refractivity contribution in [3.63, 3.8) is 0 Å². The number of amidine groups is 1. The maximum Gasteiger partial charge on any atom is 0.121 e. The molecule has 4 heteroatoms. The number of nitrogens with one attached hydrogen (secondary N) is 1. The zero-order valence-corrected chi connectivity index (χ0v) is 7.47. The number of nitrogens with zero attached hydrogens (tertiary/aromatic N) is 1. The van der Waals surface area contributed by atoms with Crippen molar-refractivity contribution in [1.29, 1.82) is 5.41 Å². The van der Waals surface area contributed by atoms with Gasteiger partial charge in [-0.05, 0) is 5.92 Å². The van der Waals surface area contributed by atoms with E-state index in [1.807, 2.05) is 13.8 Å². The Bertz CT molecular complexity index is 195. The molecule has 1 unspecified atom stereocenters. The van der Waals surface area contributed by atoms with Crippen LogP contribution in [0.4, 0.5) is 4.39 Å². The molecule has 1 aliphatic heterocycles. The Balaban J connectivity index is 2.78. The molecule has 1 aliphatic rings. The predicted octanol–water partition coefficient (Wildman–Crippen LogP) is 1.67. The molecular weight excluding hydrogens is 159 g/mol. The van der Waals surface area contributed by atoms with E-state index in [2.05, 4.69) is 0 Å². The lowest BCUT2D eigenvalue weighted by atomic mass is 9.77. The summed E-state index contributed by atoms with van der Waals surface area (Å²) in [6, 6.07) is 0. The van der Waals surface area contributed by atoms with Crippen LogP contribution in [-0.4, -0.2) is 29.3 Å². The summed E-state index contributed by atoms with van der Waals surface area (Å²) in [7, 11) is 0. The Kier molecular flexibility index (Phi) is 2.37. The molecule has 0 aromatic carbocycles. The summed E-state index contributed by atoms with van der Waals surface area (Å²) in [5, 5.41) is 17.3. The summed E-state index contributed by atoms with van der Waals surface area (Å²) in [6.45, 7) is 3.63. The first-order chi connectivity index (χ1) is 5.52. The van der Waals surface area contributed by atoms with E-state index in [1.165, 1.54) is 0 Å². The third kappa shape index (κ3) is 1.31. The lowest BCUT2D eigenvalue weighted by Gasteiger charge is -2.28. The fourth-order valence-corrected chi connectivity index (χ4v) is 1.50. The highest BCUT2D eigenvalue weighted by molar-refractivity contribution is 5.81. The van der Waals surface area contributed by atoms with Crippen molar-refractivity contribution in [3.05, 3.63) is 0 Å². The number of halogens is 1. The molecule has 2 N–H and O–H groups in total. The second kappa shape index (κ2) is 3.01. The van der Waals surface area contributed by atoms with Gasteiger partial charge in [0.2, 0.25) is 0 Å². The quantitative estimate of drug-likeness (QED) is 0.669. The van der Waals surface area contributed by atoms with Crippen molar-refractivity contribution in [1.82, 2.24) is 5.06 Å². The van der Waals surface area contributed by atoms with Crippen LogP contribution in [0.5, 0.6) is 0 Å². The second-order valence-electron chi connectivity index (χ2n) is 3.83. The van der Waals surface area contributed by atoms with Crippen LogP contribution in [0.1, 0.15) is 20.3 Å². The Morgan fingerprint density at radius 3 is 2.50 bits per heavy atom. The molecule has 0 aromatic heterocycles. The van der Waals surface area contributed by atoms with E-state index in [-0.39, 0.29) is 18.3 Å². The van der Waals surface area contributed by atoms with Gasteiger partial charge in [0.15, 0.2) is 0 Å². The maximum atomic E-state index is 12.7. The molecule has 1 atom stereocenters. The van der Waals surface area contributed by atoms with E-state index in [0.29, 0.717) is 6.42 Å². The number of hydrogen-bond acceptors (Lipinski definition) is 2. The van der Waals surface area contributed by atoms with E-state index in [0.717, 1.165) is 5.06 Å². The van der Waals surface area contributed by atoms with E-state index in [4.69, 9.17) is 10.6 Å². The molecule has 1 rings (SSSR count). The van der Waals surface area contributed by atoms with Crippen molar-refractivity contribution in [2.45, 2.75) is 20.3 Å². The first-order valence-electron chi connectivity index (χ1n) is 4.11. The monoisotopic (exact) mass is 174 g/mol. The summed E-state index contributed by atoms with van der Waals surface area (Å²) in [5.41, 5.74) is -0.536. The molecular formula is C8H15FN2O. The van der Waals surface area contributed by atoms with Crippen molar-refractivity contribution in [3.8, 4) is 0 Å². The zero-order valence-electron chi connectivity index (χ0n) is 7.47. The Morgan fingerprint density at radius 2 is 2.33 bits per heavy atom. The molecule has 1 saturated heterocycles. The van der Waals surface area contributed by atoms with Crippen molar-refractivity contribution >= 4 is 5.84 Å². The van der Waals surface area contributed by atoms with Crippen LogP contribution >= 0.6 is 0 Å². The molecule has 3 nitrogen and oxygen atoms in total. The molecule has 0 amide bonds. The van der Waals surface area contributed by atoms with Crippen LogP contribution in [0, 0.1) is 16.7 Å². The molecule has 0 aliphatic carbocycles. The van der Waals surface area contributed by atoms with Crippen molar-refractivity contribution < 1.29 is 9.60 Å². The van der Waals surface area contributed by atoms with Gasteiger partial charge in [-0.1, -0.05) is 13.8 Å². The summed E-state index contributed by atoms with van der Waals surface area (Å²) in [4.78, 5) is 0. The van der Waals surface area contributed by atoms with Crippen molar-refractivity contribution in [2.24, 2.45) is 11.3 Å². The van der Waals surface area contributed by atoms with Gasteiger partial charge in [-0.2, -0.15) is 0 Å². The number of alkyl halides is 1. The Hall–Kier alpha value is -0.640. The number of hydrogen-bond donors (Lipinski definition) is 2. The summed E-state index contributed by atoms with van der Waals surface area (Å²) in [5.74, 6) is 0.279. The van der Waals surface area contributed by atoms with Crippen LogP contribution in [0.15, 0.2) is 0 Å². The van der Waals surface area contributed by atoms with Gasteiger partial charge < -0.3 is 0 Å². The van der Waals surface area contributed by atoms with Gasteiger partial charge in [0.1, 0.15) is 5.84 Å². The standard InChI is InChI=1S/C8H15FN2O/c1-6(2)8(4-9)3-7(10)11(12)5-8/h6,10,12H,3-5H2,1-2H3. The van der Waals surface area contributed by atoms with Crippen LogP contribution in [0.2, 0.25) is 0 Å². The Morgan fingerprint density at radius 1 is 1.75 bits per heavy atom. The molecule has 0 bridgehead atoms. The summed E-state index contributed by atoms with van der Waals surface area (Å²) >= 11 is 0. The lowest BCUT2D eigenvalue weighted by molar-refractivity contribution is -0.0363. The zero-order chi connectivity index (χ0) is 9.35. The molecule has 0 radical (unpaired) electrons. The van der Waals surface area contributed by atoms with Crippen molar-refractivity contribution in [2.75, 3.05) is 13.2 Å². The first kappa shape index (κ1) is 9.45. The summed E-state index contributed by atoms with van der Waals surface area (Å²) < 4.78 is 12.7. The fraction of sp³-hybridized carbons (Fsp3) is 0.875. The highest BCUT2D eigenvalue weighted by Crippen LogP contribution is 2.38. The van der Waals surface area contributed by atoms with Crippen LogP contribution in [0.25, 0.3) is 0 Å². The van der Waals surface area contributed by atoms with Gasteiger partial charge in [-0.25, -0.2) is 5.06 Å². The third-order valence-electron chi connectivity index (χ3n) is 2.79. The fourth-order valence-electron chi connectivity index (χ4n) is 1.50. The van der Waals surface area contributed by atoms with E-state index in [1.54, 1.807) is 0 Å². The molecule has 0 spiro atoms. The molecule has 70 valence electrons. The van der Waals surface area contributed by atoms with Gasteiger partial charge in [-0.3, -0.25) is 15.0 Å². The molecule has 1 heterocycles. The minimum absolute atomic E-state index is 0.126. The predicted molar refractivity (Wildman–Crippen MR) is 44.1 cm³/mol. The van der Waals surface area contributed by atoms with Crippen LogP contribution < -0.4 is 0 Å². The normalized spacial score (nSPS) is 30.4. The first-order valence-corrected chi connectivity index (χ1v) is 4.11. The van der Waals surface area contributed by atoms with E-state index < -0.39 is 12.1 Å². The summed E-state index contributed by atoms with van der Waals surface area (Å²) in [6.07, 6.45) is 0.345. The van der Waals surface area contributed by atoms with Gasteiger partial charge in [0.25, 0.3) is 0 Å². The minimum atomic E-state index is -0.536. The SMILES string of the molecule is CC(C)C1(CF)CC(=N)N(O)C1. The third-order valence-corrected chi connectivity index (χ3v) is 2.79. The van der Waals surface area contributed by atoms with Crippen LogP contribution in [0.3, 0.4) is 0 Å². The molecule has 1 fully saturated rings. The molecule has 12 heavy (non-hydrogen) atoms. The average Bonchev–Trinajstić information content (AvgIpc) is 2.29. The van der Waals surface area contributed by atoms with Gasteiger partial charge in [0.05, 0.1) is 13.2 Å². The van der Waals surface area contributed by atoms with Gasteiger partial charge >= 0.3 is 0 Å². The highest BCUT2D eigenvalue weighted by Gasteiger charge is 2.43. The van der Waals surface area contributed by atoms with Crippen LogP contribution in [-0.2, 0) is 0 Å². The number of hydroxylamine groups is 2. The smallest absolute Gasteiger partial charge is 0.121 e. The lowest BCUT2D eigenvalue weighted by Crippen LogP contribution is -2.32. The molecule has 0 aromatic rings. The van der Waals surface area contributed by atoms with Gasteiger partial charge in [-0.15, -0.1) is 0 Å². The Labute approximate surface area is 71.6 Å². The number of rotatable bonds is 2. The topological polar surface area (TPSA) is 47.3 Å². The maximum absolute atomic E-state index is 12.7. The van der Waals surface area contributed by atoms with E-state index >= 15 is 0 Å². The molecule has 0 saturated carbocycles. The average molecular weight is 174 g/mol. The minimum Gasteiger partial charge on any atom is -0.287 e. The largest absolute Gasteiger partial charge is 0.287 e. The highest BCUT2D eigenvalue weighted by atomic mass is 19.1. The second-order valence-corrected chi connectivity index (χ2v) is 3.83. The van der Waals surface area contributed by atoms with Gasteiger partial charge in [0, 0.05) is 11.8 Å². The van der Waals surface area contributed by atoms with E-state index in [9.17, 15) is 4.39 Å².